The Morgan fingerprint density at radius 2 is 2.07 bits per heavy atom. The highest BCUT2D eigenvalue weighted by atomic mass is 15.3. The Hall–Kier alpha value is -0.560. The molecule has 2 saturated heterocycles. The Bertz CT molecular complexity index is 243. The quantitative estimate of drug-likeness (QED) is 0.638. The molecule has 0 radical (unpaired) electrons. The minimum atomic E-state index is 0.0938. The van der Waals surface area contributed by atoms with Crippen LogP contribution in [0.3, 0.4) is 0 Å². The molecule has 0 aromatic carbocycles. The standard InChI is InChI=1S/C12H20N2/c1-2-7-12-8-4-3-5-10-14(12)11-6-9-13-12/h7,13H,1,3-6,8-11H2. The third-order valence-corrected chi connectivity index (χ3v) is 3.43. The molecule has 2 nitrogen and oxygen atoms in total. The monoisotopic (exact) mass is 192 g/mol. The van der Waals surface area contributed by atoms with Gasteiger partial charge in [0.05, 0.1) is 5.66 Å². The van der Waals surface area contributed by atoms with Crippen LogP contribution in [0.15, 0.2) is 18.4 Å². The third-order valence-electron chi connectivity index (χ3n) is 3.43. The van der Waals surface area contributed by atoms with Gasteiger partial charge in [-0.15, -0.1) is 5.73 Å². The van der Waals surface area contributed by atoms with E-state index in [9.17, 15) is 0 Å². The highest BCUT2D eigenvalue weighted by Gasteiger charge is 2.36. The summed E-state index contributed by atoms with van der Waals surface area (Å²) in [7, 11) is 0. The number of nitrogens with one attached hydrogen (secondary N) is 1. The van der Waals surface area contributed by atoms with Crippen LogP contribution in [0.25, 0.3) is 0 Å². The predicted molar refractivity (Wildman–Crippen MR) is 59.1 cm³/mol. The van der Waals surface area contributed by atoms with Gasteiger partial charge in [-0.05, 0) is 38.3 Å². The molecule has 0 amide bonds. The Kier molecular flexibility index (Phi) is 3.07. The Balaban J connectivity index is 2.22. The molecule has 1 N–H and O–H groups in total. The van der Waals surface area contributed by atoms with Crippen molar-refractivity contribution in [3.63, 3.8) is 0 Å². The van der Waals surface area contributed by atoms with Crippen LogP contribution in [0, 0.1) is 0 Å². The Labute approximate surface area is 86.7 Å². The molecule has 2 aliphatic rings. The number of hydrogen-bond donors (Lipinski definition) is 1. The molecule has 1 atom stereocenters. The van der Waals surface area contributed by atoms with Crippen LogP contribution < -0.4 is 5.32 Å². The van der Waals surface area contributed by atoms with Crippen molar-refractivity contribution >= 4 is 0 Å². The average molecular weight is 192 g/mol. The van der Waals surface area contributed by atoms with E-state index in [4.69, 9.17) is 0 Å². The SMILES string of the molecule is C=C=CC12CCCCCN1CCCN2. The van der Waals surface area contributed by atoms with Crippen molar-refractivity contribution in [3.05, 3.63) is 18.4 Å². The maximum absolute atomic E-state index is 3.72. The number of rotatable bonds is 1. The van der Waals surface area contributed by atoms with Gasteiger partial charge in [0.2, 0.25) is 0 Å². The average Bonchev–Trinajstić information content (AvgIpc) is 2.40. The zero-order chi connectivity index (χ0) is 9.86. The molecule has 78 valence electrons. The first kappa shape index (κ1) is 9.97. The van der Waals surface area contributed by atoms with Crippen LogP contribution in [0.4, 0.5) is 0 Å². The molecule has 0 spiro atoms. The van der Waals surface area contributed by atoms with Gasteiger partial charge in [-0.25, -0.2) is 0 Å². The number of fused-ring (bicyclic) bond motifs is 1. The van der Waals surface area contributed by atoms with Crippen molar-refractivity contribution in [1.82, 2.24) is 10.2 Å². The van der Waals surface area contributed by atoms with Crippen molar-refractivity contribution in [2.45, 2.75) is 37.8 Å². The molecule has 1 unspecified atom stereocenters. The molecule has 2 fully saturated rings. The fourth-order valence-corrected chi connectivity index (χ4v) is 2.70. The molecule has 0 aromatic heterocycles. The normalized spacial score (nSPS) is 34.0. The summed E-state index contributed by atoms with van der Waals surface area (Å²) in [5, 5.41) is 3.64. The molecular formula is C12H20N2. The van der Waals surface area contributed by atoms with Gasteiger partial charge >= 0.3 is 0 Å². The van der Waals surface area contributed by atoms with E-state index in [1.807, 2.05) is 0 Å². The van der Waals surface area contributed by atoms with Crippen LogP contribution in [0.2, 0.25) is 0 Å². The molecule has 2 aliphatic heterocycles. The minimum Gasteiger partial charge on any atom is -0.295 e. The van der Waals surface area contributed by atoms with Crippen molar-refractivity contribution in [1.29, 1.82) is 0 Å². The van der Waals surface area contributed by atoms with Gasteiger partial charge < -0.3 is 0 Å². The summed E-state index contributed by atoms with van der Waals surface area (Å²) in [4.78, 5) is 2.57. The first-order valence-electron chi connectivity index (χ1n) is 5.74. The van der Waals surface area contributed by atoms with E-state index >= 15 is 0 Å². The third kappa shape index (κ3) is 1.78. The van der Waals surface area contributed by atoms with E-state index < -0.39 is 0 Å². The van der Waals surface area contributed by atoms with Gasteiger partial charge in [0.15, 0.2) is 0 Å². The summed E-state index contributed by atoms with van der Waals surface area (Å²) < 4.78 is 0. The first-order valence-corrected chi connectivity index (χ1v) is 5.74. The highest BCUT2D eigenvalue weighted by Crippen LogP contribution is 2.28. The number of hydrogen-bond acceptors (Lipinski definition) is 2. The maximum atomic E-state index is 3.72. The summed E-state index contributed by atoms with van der Waals surface area (Å²) in [5.41, 5.74) is 3.07. The van der Waals surface area contributed by atoms with Crippen molar-refractivity contribution in [2.24, 2.45) is 0 Å². The van der Waals surface area contributed by atoms with E-state index in [1.165, 1.54) is 45.2 Å². The van der Waals surface area contributed by atoms with Crippen LogP contribution in [0.5, 0.6) is 0 Å². The lowest BCUT2D eigenvalue weighted by Crippen LogP contribution is -2.61. The van der Waals surface area contributed by atoms with E-state index in [-0.39, 0.29) is 5.66 Å². The molecule has 0 saturated carbocycles. The largest absolute Gasteiger partial charge is 0.295 e. The molecule has 0 bridgehead atoms. The van der Waals surface area contributed by atoms with Crippen LogP contribution in [-0.2, 0) is 0 Å². The van der Waals surface area contributed by atoms with Gasteiger partial charge in [-0.2, -0.15) is 0 Å². The summed E-state index contributed by atoms with van der Waals surface area (Å²) in [6.45, 7) is 7.31. The van der Waals surface area contributed by atoms with Crippen molar-refractivity contribution < 1.29 is 0 Å². The predicted octanol–water partition coefficient (Wildman–Crippen LogP) is 1.89. The van der Waals surface area contributed by atoms with E-state index in [0.717, 1.165) is 6.54 Å². The molecular weight excluding hydrogens is 172 g/mol. The van der Waals surface area contributed by atoms with Gasteiger partial charge in [-0.1, -0.05) is 13.0 Å². The highest BCUT2D eigenvalue weighted by molar-refractivity contribution is 5.07. The second-order valence-electron chi connectivity index (χ2n) is 4.35. The Morgan fingerprint density at radius 3 is 2.93 bits per heavy atom. The van der Waals surface area contributed by atoms with Crippen LogP contribution in [0.1, 0.15) is 32.1 Å². The fraction of sp³-hybridized carbons (Fsp3) is 0.750. The molecule has 0 aliphatic carbocycles. The first-order chi connectivity index (χ1) is 6.87. The van der Waals surface area contributed by atoms with E-state index in [0.29, 0.717) is 0 Å². The van der Waals surface area contributed by atoms with Gasteiger partial charge in [0.1, 0.15) is 0 Å². The summed E-state index contributed by atoms with van der Waals surface area (Å²) in [6.07, 6.45) is 8.65. The smallest absolute Gasteiger partial charge is 0.0979 e. The number of nitrogens with zero attached hydrogens (tertiary/aromatic N) is 1. The van der Waals surface area contributed by atoms with E-state index in [1.54, 1.807) is 0 Å². The van der Waals surface area contributed by atoms with Gasteiger partial charge in [0.25, 0.3) is 0 Å². The summed E-state index contributed by atoms with van der Waals surface area (Å²) in [5.74, 6) is 0. The second kappa shape index (κ2) is 4.31. The molecule has 0 aromatic rings. The minimum absolute atomic E-state index is 0.0938. The van der Waals surface area contributed by atoms with Crippen molar-refractivity contribution in [3.8, 4) is 0 Å². The second-order valence-corrected chi connectivity index (χ2v) is 4.35. The fourth-order valence-electron chi connectivity index (χ4n) is 2.70. The van der Waals surface area contributed by atoms with Gasteiger partial charge in [0, 0.05) is 13.1 Å². The molecule has 14 heavy (non-hydrogen) atoms. The summed E-state index contributed by atoms with van der Waals surface area (Å²) in [6, 6.07) is 0. The van der Waals surface area contributed by atoms with Crippen molar-refractivity contribution in [2.75, 3.05) is 19.6 Å². The molecule has 2 rings (SSSR count). The van der Waals surface area contributed by atoms with Gasteiger partial charge in [-0.3, -0.25) is 10.2 Å². The van der Waals surface area contributed by atoms with Crippen LogP contribution >= 0.6 is 0 Å². The molecule has 2 heterocycles. The lowest BCUT2D eigenvalue weighted by atomic mass is 9.99. The zero-order valence-corrected chi connectivity index (χ0v) is 8.89. The summed E-state index contributed by atoms with van der Waals surface area (Å²) >= 11 is 0. The van der Waals surface area contributed by atoms with E-state index in [2.05, 4.69) is 28.6 Å². The van der Waals surface area contributed by atoms with Crippen LogP contribution in [-0.4, -0.2) is 30.2 Å². The lowest BCUT2D eigenvalue weighted by molar-refractivity contribution is 0.0686. The molecule has 2 heteroatoms. The maximum Gasteiger partial charge on any atom is 0.0979 e. The zero-order valence-electron chi connectivity index (χ0n) is 8.89. The lowest BCUT2D eigenvalue weighted by Gasteiger charge is -2.44. The Morgan fingerprint density at radius 1 is 1.21 bits per heavy atom. The topological polar surface area (TPSA) is 15.3 Å².